The number of carbonyl (C=O) groups is 3. The van der Waals surface area contributed by atoms with Crippen LogP contribution in [-0.2, 0) is 4.74 Å². The Bertz CT molecular complexity index is 1930. The largest absolute Gasteiger partial charge is 0.507 e. The number of amides is 3. The van der Waals surface area contributed by atoms with Crippen LogP contribution < -0.4 is 15.5 Å². The standard InChI is InChI=1S/C34H30ClN3O6/c1-34(2,3)44-33(42)37-23-12-13-28-20(14-23)15-29(43-28)31(40)36-22-10-8-19(9-11-22)32(41)38-18-21(17-35)30-25-7-5-4-6-24(25)27(39)16-26(30)38/h4-16,21,39H,17-18H2,1-3H3,(H,36,40)(H,37,42)/t21-/m1/s1. The zero-order chi connectivity index (χ0) is 31.2. The van der Waals surface area contributed by atoms with Gasteiger partial charge in [-0.2, -0.15) is 0 Å². The molecule has 0 unspecified atom stereocenters. The number of ether oxygens (including phenoxy) is 1. The summed E-state index contributed by atoms with van der Waals surface area (Å²) >= 11 is 6.32. The lowest BCUT2D eigenvalue weighted by Gasteiger charge is -2.19. The molecule has 3 N–H and O–H groups in total. The summed E-state index contributed by atoms with van der Waals surface area (Å²) in [4.78, 5) is 40.3. The Labute approximate surface area is 258 Å². The summed E-state index contributed by atoms with van der Waals surface area (Å²) < 4.78 is 11.0. The Morgan fingerprint density at radius 1 is 0.955 bits per heavy atom. The first-order valence-electron chi connectivity index (χ1n) is 14.1. The zero-order valence-electron chi connectivity index (χ0n) is 24.3. The first kappa shape index (κ1) is 29.1. The van der Waals surface area contributed by atoms with Crippen molar-refractivity contribution in [3.05, 3.63) is 95.7 Å². The van der Waals surface area contributed by atoms with E-state index in [4.69, 9.17) is 20.8 Å². The van der Waals surface area contributed by atoms with E-state index >= 15 is 0 Å². The van der Waals surface area contributed by atoms with Crippen LogP contribution >= 0.6 is 11.6 Å². The maximum absolute atomic E-state index is 13.6. The third kappa shape index (κ3) is 5.66. The van der Waals surface area contributed by atoms with Crippen molar-refractivity contribution in [2.45, 2.75) is 32.3 Å². The highest BCUT2D eigenvalue weighted by atomic mass is 35.5. The highest BCUT2D eigenvalue weighted by Gasteiger charge is 2.34. The number of nitrogens with zero attached hydrogens (tertiary/aromatic N) is 1. The second-order valence-corrected chi connectivity index (χ2v) is 12.0. The van der Waals surface area contributed by atoms with E-state index in [0.29, 0.717) is 46.0 Å². The molecule has 1 aliphatic rings. The summed E-state index contributed by atoms with van der Waals surface area (Å²) in [5.41, 5.74) is 2.83. The van der Waals surface area contributed by atoms with Gasteiger partial charge in [-0.15, -0.1) is 11.6 Å². The predicted octanol–water partition coefficient (Wildman–Crippen LogP) is 7.87. The van der Waals surface area contributed by atoms with Crippen LogP contribution in [0, 0.1) is 0 Å². The maximum atomic E-state index is 13.6. The minimum Gasteiger partial charge on any atom is -0.507 e. The number of benzene rings is 4. The Morgan fingerprint density at radius 3 is 2.36 bits per heavy atom. The van der Waals surface area contributed by atoms with E-state index in [1.165, 1.54) is 0 Å². The molecule has 0 saturated heterocycles. The molecule has 9 nitrogen and oxygen atoms in total. The Morgan fingerprint density at radius 2 is 1.66 bits per heavy atom. The van der Waals surface area contributed by atoms with Crippen LogP contribution in [0.4, 0.5) is 21.9 Å². The van der Waals surface area contributed by atoms with Crippen LogP contribution in [0.15, 0.2) is 83.3 Å². The van der Waals surface area contributed by atoms with E-state index in [0.717, 1.165) is 16.3 Å². The number of anilines is 3. The second kappa shape index (κ2) is 11.2. The van der Waals surface area contributed by atoms with Gasteiger partial charge in [-0.3, -0.25) is 14.9 Å². The topological polar surface area (TPSA) is 121 Å². The van der Waals surface area contributed by atoms with E-state index in [-0.39, 0.29) is 23.3 Å². The van der Waals surface area contributed by atoms with Crippen LogP contribution in [0.3, 0.4) is 0 Å². The molecule has 5 aromatic rings. The van der Waals surface area contributed by atoms with Gasteiger partial charge in [0.2, 0.25) is 0 Å². The molecule has 10 heteroatoms. The van der Waals surface area contributed by atoms with Crippen molar-refractivity contribution < 1.29 is 28.6 Å². The molecule has 1 aromatic heterocycles. The summed E-state index contributed by atoms with van der Waals surface area (Å²) in [7, 11) is 0. The molecule has 0 bridgehead atoms. The number of phenols is 1. The minimum atomic E-state index is -0.632. The fourth-order valence-corrected chi connectivity index (χ4v) is 5.70. The van der Waals surface area contributed by atoms with Crippen LogP contribution in [0.5, 0.6) is 5.75 Å². The highest BCUT2D eigenvalue weighted by molar-refractivity contribution is 6.19. The molecule has 6 rings (SSSR count). The maximum Gasteiger partial charge on any atom is 0.412 e. The Kier molecular flexibility index (Phi) is 7.43. The summed E-state index contributed by atoms with van der Waals surface area (Å²) in [5.74, 6) is -0.260. The number of aromatic hydroxyl groups is 1. The van der Waals surface area contributed by atoms with Crippen molar-refractivity contribution in [1.29, 1.82) is 0 Å². The fraction of sp³-hybridized carbons (Fsp3) is 0.206. The molecular formula is C34H30ClN3O6. The number of nitrogens with one attached hydrogen (secondary N) is 2. The van der Waals surface area contributed by atoms with Crippen LogP contribution in [0.25, 0.3) is 21.7 Å². The van der Waals surface area contributed by atoms with Crippen molar-refractivity contribution in [1.82, 2.24) is 0 Å². The average Bonchev–Trinajstić information content (AvgIpc) is 3.58. The second-order valence-electron chi connectivity index (χ2n) is 11.7. The third-order valence-corrected chi connectivity index (χ3v) is 7.72. The smallest absolute Gasteiger partial charge is 0.412 e. The van der Waals surface area contributed by atoms with Gasteiger partial charge in [0.1, 0.15) is 16.9 Å². The van der Waals surface area contributed by atoms with Gasteiger partial charge in [-0.1, -0.05) is 24.3 Å². The normalized spacial score (nSPS) is 14.5. The number of phenolic OH excluding ortho intramolecular Hbond substituents is 1. The van der Waals surface area contributed by atoms with E-state index in [1.54, 1.807) is 80.3 Å². The van der Waals surface area contributed by atoms with Gasteiger partial charge >= 0.3 is 6.09 Å². The molecule has 0 radical (unpaired) electrons. The van der Waals surface area contributed by atoms with Gasteiger partial charge in [-0.05, 0) is 80.3 Å². The van der Waals surface area contributed by atoms with Gasteiger partial charge in [0.15, 0.2) is 5.76 Å². The molecule has 0 fully saturated rings. The molecule has 1 aliphatic heterocycles. The quantitative estimate of drug-likeness (QED) is 0.174. The van der Waals surface area contributed by atoms with E-state index in [9.17, 15) is 19.5 Å². The van der Waals surface area contributed by atoms with Crippen LogP contribution in [0.1, 0.15) is 53.2 Å². The SMILES string of the molecule is CC(C)(C)OC(=O)Nc1ccc2oc(C(=O)Nc3ccc(C(=O)N4C[C@@H](CCl)c5c4cc(O)c4ccccc54)cc3)cc2c1. The van der Waals surface area contributed by atoms with E-state index < -0.39 is 17.6 Å². The predicted molar refractivity (Wildman–Crippen MR) is 171 cm³/mol. The Balaban J connectivity index is 1.16. The van der Waals surface area contributed by atoms with Gasteiger partial charge < -0.3 is 24.5 Å². The first-order chi connectivity index (χ1) is 21.0. The van der Waals surface area contributed by atoms with E-state index in [2.05, 4.69) is 10.6 Å². The van der Waals surface area contributed by atoms with Crippen molar-refractivity contribution in [2.24, 2.45) is 0 Å². The van der Waals surface area contributed by atoms with Crippen molar-refractivity contribution in [3.63, 3.8) is 0 Å². The highest BCUT2D eigenvalue weighted by Crippen LogP contribution is 2.45. The summed E-state index contributed by atoms with van der Waals surface area (Å²) in [6.45, 7) is 5.73. The molecule has 44 heavy (non-hydrogen) atoms. The zero-order valence-corrected chi connectivity index (χ0v) is 25.1. The molecule has 0 spiro atoms. The molecule has 2 heterocycles. The number of fused-ring (bicyclic) bond motifs is 4. The molecular weight excluding hydrogens is 582 g/mol. The van der Waals surface area contributed by atoms with Gasteiger partial charge in [-0.25, -0.2) is 4.79 Å². The summed E-state index contributed by atoms with van der Waals surface area (Å²) in [6, 6.07) is 22.3. The third-order valence-electron chi connectivity index (χ3n) is 7.35. The number of hydrogen-bond donors (Lipinski definition) is 3. The average molecular weight is 612 g/mol. The van der Waals surface area contributed by atoms with Gasteiger partial charge in [0, 0.05) is 52.1 Å². The van der Waals surface area contributed by atoms with Crippen molar-refractivity contribution in [2.75, 3.05) is 28.0 Å². The molecule has 3 amide bonds. The number of carbonyl (C=O) groups excluding carboxylic acids is 3. The first-order valence-corrected chi connectivity index (χ1v) is 14.6. The lowest BCUT2D eigenvalue weighted by molar-refractivity contribution is 0.0635. The number of furan rings is 1. The summed E-state index contributed by atoms with van der Waals surface area (Å²) in [5, 5.41) is 18.4. The van der Waals surface area contributed by atoms with Crippen molar-refractivity contribution >= 4 is 68.3 Å². The molecule has 0 saturated carbocycles. The van der Waals surface area contributed by atoms with E-state index in [1.807, 2.05) is 24.3 Å². The summed E-state index contributed by atoms with van der Waals surface area (Å²) in [6.07, 6.45) is -0.584. The van der Waals surface area contributed by atoms with Gasteiger partial charge in [0.05, 0.1) is 5.69 Å². The van der Waals surface area contributed by atoms with Crippen LogP contribution in [0.2, 0.25) is 0 Å². The lowest BCUT2D eigenvalue weighted by Crippen LogP contribution is -2.30. The molecule has 1 atom stereocenters. The minimum absolute atomic E-state index is 0.0762. The monoisotopic (exact) mass is 611 g/mol. The Hall–Kier alpha value is -5.02. The number of halogens is 1. The van der Waals surface area contributed by atoms with Crippen molar-refractivity contribution in [3.8, 4) is 5.75 Å². The molecule has 0 aliphatic carbocycles. The fourth-order valence-electron chi connectivity index (χ4n) is 5.44. The number of hydrogen-bond acceptors (Lipinski definition) is 6. The molecule has 4 aromatic carbocycles. The van der Waals surface area contributed by atoms with Crippen LogP contribution in [-0.4, -0.2) is 41.0 Å². The number of alkyl halides is 1. The van der Waals surface area contributed by atoms with Gasteiger partial charge in [0.25, 0.3) is 11.8 Å². The lowest BCUT2D eigenvalue weighted by atomic mass is 9.95. The molecule has 224 valence electrons. The number of rotatable bonds is 5.